The van der Waals surface area contributed by atoms with Crippen LogP contribution in [0.25, 0.3) is 0 Å². The van der Waals surface area contributed by atoms with Crippen LogP contribution in [0.5, 0.6) is 5.75 Å². The number of rotatable bonds is 4. The molecule has 0 atom stereocenters. The van der Waals surface area contributed by atoms with Gasteiger partial charge in [-0.2, -0.15) is 5.26 Å². The van der Waals surface area contributed by atoms with Crippen LogP contribution in [0.3, 0.4) is 0 Å². The summed E-state index contributed by atoms with van der Waals surface area (Å²) >= 11 is 0. The van der Waals surface area contributed by atoms with Gasteiger partial charge >= 0.3 is 0 Å². The van der Waals surface area contributed by atoms with Crippen molar-refractivity contribution >= 4 is 0 Å². The molecule has 0 unspecified atom stereocenters. The van der Waals surface area contributed by atoms with Crippen LogP contribution in [0.2, 0.25) is 0 Å². The topological polar surface area (TPSA) is 36.3 Å². The Bertz CT molecular complexity index is 436. The minimum absolute atomic E-state index is 0.260. The first-order valence-corrected chi connectivity index (χ1v) is 7.01. The third-order valence-electron chi connectivity index (χ3n) is 3.83. The highest BCUT2D eigenvalue weighted by Crippen LogP contribution is 2.22. The van der Waals surface area contributed by atoms with Crippen LogP contribution in [0.1, 0.15) is 24.0 Å². The summed E-state index contributed by atoms with van der Waals surface area (Å²) < 4.78 is 5.92. The van der Waals surface area contributed by atoms with Crippen LogP contribution in [0.4, 0.5) is 0 Å². The smallest absolute Gasteiger partial charge is 0.125 e. The van der Waals surface area contributed by atoms with E-state index in [1.165, 1.54) is 11.1 Å². The lowest BCUT2D eigenvalue weighted by atomic mass is 9.99. The molecule has 0 bridgehead atoms. The van der Waals surface area contributed by atoms with Gasteiger partial charge in [-0.3, -0.25) is 4.90 Å². The molecular weight excluding hydrogens is 236 g/mol. The maximum absolute atomic E-state index is 8.87. The van der Waals surface area contributed by atoms with Gasteiger partial charge in [0.05, 0.1) is 6.07 Å². The number of para-hydroxylation sites is 1. The van der Waals surface area contributed by atoms with E-state index in [1.807, 2.05) is 0 Å². The Kier molecular flexibility index (Phi) is 4.81. The van der Waals surface area contributed by atoms with E-state index < -0.39 is 0 Å². The zero-order valence-corrected chi connectivity index (χ0v) is 11.9. The van der Waals surface area contributed by atoms with Crippen molar-refractivity contribution in [1.29, 1.82) is 5.26 Å². The summed E-state index contributed by atoms with van der Waals surface area (Å²) in [5, 5.41) is 8.87. The van der Waals surface area contributed by atoms with Gasteiger partial charge in [-0.1, -0.05) is 18.2 Å². The largest absolute Gasteiger partial charge is 0.492 e. The van der Waals surface area contributed by atoms with Gasteiger partial charge in [0.1, 0.15) is 12.4 Å². The lowest BCUT2D eigenvalue weighted by Crippen LogP contribution is -2.36. The molecule has 0 saturated carbocycles. The molecule has 3 heteroatoms. The molecule has 19 heavy (non-hydrogen) atoms. The molecule has 3 nitrogen and oxygen atoms in total. The first kappa shape index (κ1) is 13.9. The molecule has 1 saturated heterocycles. The molecule has 2 rings (SSSR count). The van der Waals surface area contributed by atoms with E-state index in [-0.39, 0.29) is 5.92 Å². The first-order chi connectivity index (χ1) is 9.20. The number of hydrogen-bond donors (Lipinski definition) is 0. The Balaban J connectivity index is 1.77. The second-order valence-electron chi connectivity index (χ2n) is 5.31. The summed E-state index contributed by atoms with van der Waals surface area (Å²) in [6.45, 7) is 7.89. The average Bonchev–Trinajstić information content (AvgIpc) is 2.43. The Hall–Kier alpha value is -1.53. The molecule has 1 heterocycles. The van der Waals surface area contributed by atoms with Crippen molar-refractivity contribution in [1.82, 2.24) is 4.90 Å². The van der Waals surface area contributed by atoms with Gasteiger partial charge in [-0.05, 0) is 50.9 Å². The molecule has 0 amide bonds. The van der Waals surface area contributed by atoms with E-state index in [1.54, 1.807) is 0 Å². The summed E-state index contributed by atoms with van der Waals surface area (Å²) in [5.74, 6) is 1.28. The summed E-state index contributed by atoms with van der Waals surface area (Å²) in [6.07, 6.45) is 2.00. The van der Waals surface area contributed by atoms with Crippen molar-refractivity contribution < 1.29 is 4.74 Å². The van der Waals surface area contributed by atoms with Gasteiger partial charge in [0, 0.05) is 12.5 Å². The summed E-state index contributed by atoms with van der Waals surface area (Å²) in [5.41, 5.74) is 2.39. The van der Waals surface area contributed by atoms with E-state index in [0.29, 0.717) is 0 Å². The van der Waals surface area contributed by atoms with Crippen molar-refractivity contribution in [2.75, 3.05) is 26.2 Å². The number of likely N-dealkylation sites (tertiary alicyclic amines) is 1. The van der Waals surface area contributed by atoms with Crippen molar-refractivity contribution in [3.05, 3.63) is 29.3 Å². The Morgan fingerprint density at radius 1 is 1.26 bits per heavy atom. The summed E-state index contributed by atoms with van der Waals surface area (Å²) in [6, 6.07) is 8.59. The average molecular weight is 258 g/mol. The van der Waals surface area contributed by atoms with Gasteiger partial charge in [0.25, 0.3) is 0 Å². The van der Waals surface area contributed by atoms with Crippen molar-refractivity contribution in [3.63, 3.8) is 0 Å². The van der Waals surface area contributed by atoms with E-state index in [2.05, 4.69) is 43.0 Å². The molecule has 0 N–H and O–H groups in total. The molecule has 1 fully saturated rings. The quantitative estimate of drug-likeness (QED) is 0.833. The van der Waals surface area contributed by atoms with Crippen LogP contribution in [-0.4, -0.2) is 31.1 Å². The van der Waals surface area contributed by atoms with E-state index >= 15 is 0 Å². The maximum Gasteiger partial charge on any atom is 0.125 e. The molecule has 0 spiro atoms. The van der Waals surface area contributed by atoms with E-state index in [9.17, 15) is 0 Å². The number of hydrogen-bond acceptors (Lipinski definition) is 3. The highest BCUT2D eigenvalue weighted by Gasteiger charge is 2.18. The lowest BCUT2D eigenvalue weighted by molar-refractivity contribution is 0.168. The summed E-state index contributed by atoms with van der Waals surface area (Å²) in [7, 11) is 0. The minimum Gasteiger partial charge on any atom is -0.492 e. The third kappa shape index (κ3) is 3.71. The van der Waals surface area contributed by atoms with Crippen molar-refractivity contribution in [2.45, 2.75) is 26.7 Å². The van der Waals surface area contributed by atoms with Crippen LogP contribution in [0, 0.1) is 31.1 Å². The zero-order chi connectivity index (χ0) is 13.7. The first-order valence-electron chi connectivity index (χ1n) is 7.01. The highest BCUT2D eigenvalue weighted by atomic mass is 16.5. The van der Waals surface area contributed by atoms with Gasteiger partial charge in [0.15, 0.2) is 0 Å². The lowest BCUT2D eigenvalue weighted by Gasteiger charge is -2.28. The predicted octanol–water partition coefficient (Wildman–Crippen LogP) is 2.92. The predicted molar refractivity (Wildman–Crippen MR) is 76.2 cm³/mol. The number of benzene rings is 1. The Morgan fingerprint density at radius 3 is 2.47 bits per heavy atom. The molecule has 0 radical (unpaired) electrons. The molecule has 1 aromatic rings. The van der Waals surface area contributed by atoms with Crippen LogP contribution in [0.15, 0.2) is 18.2 Å². The highest BCUT2D eigenvalue weighted by molar-refractivity contribution is 5.39. The maximum atomic E-state index is 8.87. The Labute approximate surface area is 115 Å². The van der Waals surface area contributed by atoms with E-state index in [0.717, 1.165) is 44.8 Å². The number of nitriles is 1. The zero-order valence-electron chi connectivity index (χ0n) is 11.9. The normalized spacial score (nSPS) is 17.1. The summed E-state index contributed by atoms with van der Waals surface area (Å²) in [4.78, 5) is 2.39. The monoisotopic (exact) mass is 258 g/mol. The number of aryl methyl sites for hydroxylation is 2. The number of piperidine rings is 1. The van der Waals surface area contributed by atoms with Gasteiger partial charge in [-0.25, -0.2) is 0 Å². The number of nitrogens with zero attached hydrogens (tertiary/aromatic N) is 2. The van der Waals surface area contributed by atoms with E-state index in [4.69, 9.17) is 10.00 Å². The SMILES string of the molecule is Cc1cccc(C)c1OCCN1CCC(C#N)CC1. The standard InChI is InChI=1S/C16H22N2O/c1-13-4-3-5-14(2)16(13)19-11-10-18-8-6-15(12-17)7-9-18/h3-5,15H,6-11H2,1-2H3. The fourth-order valence-electron chi connectivity index (χ4n) is 2.59. The minimum atomic E-state index is 0.260. The molecule has 0 aromatic heterocycles. The van der Waals surface area contributed by atoms with Crippen molar-refractivity contribution in [2.24, 2.45) is 5.92 Å². The second kappa shape index (κ2) is 6.58. The third-order valence-corrected chi connectivity index (χ3v) is 3.83. The fourth-order valence-corrected chi connectivity index (χ4v) is 2.59. The fraction of sp³-hybridized carbons (Fsp3) is 0.562. The molecule has 1 aliphatic heterocycles. The Morgan fingerprint density at radius 2 is 1.89 bits per heavy atom. The van der Waals surface area contributed by atoms with Crippen LogP contribution < -0.4 is 4.74 Å². The van der Waals surface area contributed by atoms with Gasteiger partial charge in [-0.15, -0.1) is 0 Å². The molecule has 1 aromatic carbocycles. The number of ether oxygens (including phenoxy) is 1. The molecule has 0 aliphatic carbocycles. The van der Waals surface area contributed by atoms with Gasteiger partial charge < -0.3 is 4.74 Å². The van der Waals surface area contributed by atoms with Crippen LogP contribution in [-0.2, 0) is 0 Å². The molecular formula is C16H22N2O. The van der Waals surface area contributed by atoms with Crippen LogP contribution >= 0.6 is 0 Å². The molecule has 102 valence electrons. The second-order valence-corrected chi connectivity index (χ2v) is 5.31. The molecule has 1 aliphatic rings. The van der Waals surface area contributed by atoms with Gasteiger partial charge in [0.2, 0.25) is 0 Å². The van der Waals surface area contributed by atoms with Crippen molar-refractivity contribution in [3.8, 4) is 11.8 Å².